The summed E-state index contributed by atoms with van der Waals surface area (Å²) in [7, 11) is 0. The van der Waals surface area contributed by atoms with E-state index in [1.54, 1.807) is 0 Å². The number of carbonyl (C=O) groups is 1. The number of imidazole rings is 1. The lowest BCUT2D eigenvalue weighted by molar-refractivity contribution is -0.117. The Labute approximate surface area is 135 Å². The number of benzene rings is 2. The maximum Gasteiger partial charge on any atom is 0.231 e. The molecule has 3 aromatic rings. The molecule has 1 aliphatic heterocycles. The van der Waals surface area contributed by atoms with Crippen molar-refractivity contribution in [1.29, 1.82) is 0 Å². The van der Waals surface area contributed by atoms with E-state index in [0.717, 1.165) is 47.5 Å². The van der Waals surface area contributed by atoms with Gasteiger partial charge in [0.25, 0.3) is 0 Å². The zero-order valence-corrected chi connectivity index (χ0v) is 13.2. The molecule has 0 bridgehead atoms. The SMILES string of the molecule is CCc1nc2ccc(CC(=O)N3CCc4ccccc43)cc2[nH]1. The second kappa shape index (κ2) is 5.54. The fourth-order valence-corrected chi connectivity index (χ4v) is 3.25. The van der Waals surface area contributed by atoms with Crippen LogP contribution in [-0.2, 0) is 24.1 Å². The number of H-pyrrole nitrogens is 1. The third-order valence-corrected chi connectivity index (χ3v) is 4.47. The Morgan fingerprint density at radius 2 is 2.13 bits per heavy atom. The van der Waals surface area contributed by atoms with Gasteiger partial charge in [0.2, 0.25) is 5.91 Å². The highest BCUT2D eigenvalue weighted by atomic mass is 16.2. The number of nitrogens with one attached hydrogen (secondary N) is 1. The predicted molar refractivity (Wildman–Crippen MR) is 91.7 cm³/mol. The first kappa shape index (κ1) is 14.0. The Hall–Kier alpha value is -2.62. The molecule has 0 unspecified atom stereocenters. The predicted octanol–water partition coefficient (Wildman–Crippen LogP) is 3.26. The van der Waals surface area contributed by atoms with Crippen molar-refractivity contribution in [3.63, 3.8) is 0 Å². The van der Waals surface area contributed by atoms with Crippen LogP contribution in [0.25, 0.3) is 11.0 Å². The maximum absolute atomic E-state index is 12.7. The van der Waals surface area contributed by atoms with Crippen molar-refractivity contribution in [1.82, 2.24) is 9.97 Å². The minimum absolute atomic E-state index is 0.157. The number of fused-ring (bicyclic) bond motifs is 2. The zero-order valence-electron chi connectivity index (χ0n) is 13.2. The number of anilines is 1. The number of amides is 1. The van der Waals surface area contributed by atoms with E-state index in [4.69, 9.17) is 0 Å². The molecule has 23 heavy (non-hydrogen) atoms. The normalized spacial score (nSPS) is 13.5. The van der Waals surface area contributed by atoms with Gasteiger partial charge in [-0.15, -0.1) is 0 Å². The van der Waals surface area contributed by atoms with Gasteiger partial charge in [0.1, 0.15) is 5.82 Å². The van der Waals surface area contributed by atoms with E-state index in [1.807, 2.05) is 41.3 Å². The Kier molecular flexibility index (Phi) is 3.37. The molecule has 1 aromatic heterocycles. The van der Waals surface area contributed by atoms with Gasteiger partial charge >= 0.3 is 0 Å². The number of para-hydroxylation sites is 1. The van der Waals surface area contributed by atoms with Crippen molar-refractivity contribution >= 4 is 22.6 Å². The first-order valence-corrected chi connectivity index (χ1v) is 8.10. The molecule has 0 spiro atoms. The summed E-state index contributed by atoms with van der Waals surface area (Å²) in [6, 6.07) is 14.2. The third-order valence-electron chi connectivity index (χ3n) is 4.47. The molecule has 4 heteroatoms. The van der Waals surface area contributed by atoms with Crippen molar-refractivity contribution in [2.45, 2.75) is 26.2 Å². The summed E-state index contributed by atoms with van der Waals surface area (Å²) in [5, 5.41) is 0. The number of rotatable bonds is 3. The lowest BCUT2D eigenvalue weighted by Gasteiger charge is -2.17. The van der Waals surface area contributed by atoms with Gasteiger partial charge in [0, 0.05) is 18.7 Å². The van der Waals surface area contributed by atoms with Gasteiger partial charge in [-0.25, -0.2) is 4.98 Å². The van der Waals surface area contributed by atoms with E-state index in [-0.39, 0.29) is 5.91 Å². The molecule has 4 rings (SSSR count). The molecule has 0 aliphatic carbocycles. The van der Waals surface area contributed by atoms with E-state index < -0.39 is 0 Å². The summed E-state index contributed by atoms with van der Waals surface area (Å²) in [5.41, 5.74) is 5.32. The van der Waals surface area contributed by atoms with Crippen molar-refractivity contribution in [2.75, 3.05) is 11.4 Å². The highest BCUT2D eigenvalue weighted by Gasteiger charge is 2.24. The monoisotopic (exact) mass is 305 g/mol. The second-order valence-electron chi connectivity index (χ2n) is 5.99. The molecule has 2 heterocycles. The summed E-state index contributed by atoms with van der Waals surface area (Å²) in [6.07, 6.45) is 2.25. The summed E-state index contributed by atoms with van der Waals surface area (Å²) in [5.74, 6) is 1.14. The van der Waals surface area contributed by atoms with Crippen LogP contribution in [0.4, 0.5) is 5.69 Å². The second-order valence-corrected chi connectivity index (χ2v) is 5.99. The first-order valence-electron chi connectivity index (χ1n) is 8.10. The molecule has 2 aromatic carbocycles. The standard InChI is InChI=1S/C19H19N3O/c1-2-18-20-15-8-7-13(11-16(15)21-18)12-19(23)22-10-9-14-5-3-4-6-17(14)22/h3-8,11H,2,9-10,12H2,1H3,(H,20,21). The number of aryl methyl sites for hydroxylation is 1. The van der Waals surface area contributed by atoms with E-state index in [0.29, 0.717) is 6.42 Å². The topological polar surface area (TPSA) is 49.0 Å². The molecule has 4 nitrogen and oxygen atoms in total. The van der Waals surface area contributed by atoms with Crippen LogP contribution in [0.15, 0.2) is 42.5 Å². The first-order chi connectivity index (χ1) is 11.2. The molecule has 1 aliphatic rings. The lowest BCUT2D eigenvalue weighted by atomic mass is 10.1. The number of hydrogen-bond donors (Lipinski definition) is 1. The molecular weight excluding hydrogens is 286 g/mol. The van der Waals surface area contributed by atoms with E-state index in [9.17, 15) is 4.79 Å². The fraction of sp³-hybridized carbons (Fsp3) is 0.263. The molecule has 0 atom stereocenters. The van der Waals surface area contributed by atoms with E-state index in [2.05, 4.69) is 23.0 Å². The smallest absolute Gasteiger partial charge is 0.231 e. The number of nitrogens with zero attached hydrogens (tertiary/aromatic N) is 2. The molecule has 1 N–H and O–H groups in total. The van der Waals surface area contributed by atoms with Crippen molar-refractivity contribution in [3.05, 3.63) is 59.4 Å². The van der Waals surface area contributed by atoms with Crippen molar-refractivity contribution in [2.24, 2.45) is 0 Å². The average molecular weight is 305 g/mol. The van der Waals surface area contributed by atoms with Crippen LogP contribution in [0.3, 0.4) is 0 Å². The third kappa shape index (κ3) is 2.50. The molecule has 0 fully saturated rings. The Morgan fingerprint density at radius 3 is 3.00 bits per heavy atom. The number of hydrogen-bond acceptors (Lipinski definition) is 2. The molecule has 116 valence electrons. The van der Waals surface area contributed by atoms with Gasteiger partial charge in [-0.05, 0) is 35.7 Å². The van der Waals surface area contributed by atoms with Crippen LogP contribution in [0.2, 0.25) is 0 Å². The van der Waals surface area contributed by atoms with Crippen LogP contribution in [0.5, 0.6) is 0 Å². The number of carbonyl (C=O) groups excluding carboxylic acids is 1. The van der Waals surface area contributed by atoms with Crippen molar-refractivity contribution < 1.29 is 4.79 Å². The van der Waals surface area contributed by atoms with Gasteiger partial charge in [-0.1, -0.05) is 31.2 Å². The zero-order chi connectivity index (χ0) is 15.8. The van der Waals surface area contributed by atoms with Crippen LogP contribution < -0.4 is 4.90 Å². The van der Waals surface area contributed by atoms with Crippen LogP contribution in [0, 0.1) is 0 Å². The molecular formula is C19H19N3O. The average Bonchev–Trinajstić information content (AvgIpc) is 3.18. The Bertz CT molecular complexity index is 881. The molecule has 0 saturated carbocycles. The van der Waals surface area contributed by atoms with E-state index in [1.165, 1.54) is 5.56 Å². The van der Waals surface area contributed by atoms with Crippen LogP contribution in [-0.4, -0.2) is 22.4 Å². The minimum Gasteiger partial charge on any atom is -0.342 e. The summed E-state index contributed by atoms with van der Waals surface area (Å²) >= 11 is 0. The summed E-state index contributed by atoms with van der Waals surface area (Å²) in [4.78, 5) is 22.4. The summed E-state index contributed by atoms with van der Waals surface area (Å²) in [6.45, 7) is 2.86. The van der Waals surface area contributed by atoms with Crippen LogP contribution in [0.1, 0.15) is 23.9 Å². The Morgan fingerprint density at radius 1 is 1.26 bits per heavy atom. The van der Waals surface area contributed by atoms with Crippen LogP contribution >= 0.6 is 0 Å². The number of aromatic amines is 1. The Balaban J connectivity index is 1.57. The molecule has 1 amide bonds. The molecule has 0 radical (unpaired) electrons. The van der Waals surface area contributed by atoms with Gasteiger partial charge < -0.3 is 9.88 Å². The molecule has 0 saturated heterocycles. The lowest BCUT2D eigenvalue weighted by Crippen LogP contribution is -2.30. The minimum atomic E-state index is 0.157. The highest BCUT2D eigenvalue weighted by molar-refractivity contribution is 5.97. The maximum atomic E-state index is 12.7. The fourth-order valence-electron chi connectivity index (χ4n) is 3.25. The van der Waals surface area contributed by atoms with Crippen molar-refractivity contribution in [3.8, 4) is 0 Å². The van der Waals surface area contributed by atoms with Gasteiger partial charge in [-0.3, -0.25) is 4.79 Å². The van der Waals surface area contributed by atoms with Gasteiger partial charge in [-0.2, -0.15) is 0 Å². The number of aromatic nitrogens is 2. The largest absolute Gasteiger partial charge is 0.342 e. The highest BCUT2D eigenvalue weighted by Crippen LogP contribution is 2.28. The van der Waals surface area contributed by atoms with Gasteiger partial charge in [0.15, 0.2) is 0 Å². The van der Waals surface area contributed by atoms with E-state index >= 15 is 0 Å². The van der Waals surface area contributed by atoms with Gasteiger partial charge in [0.05, 0.1) is 17.5 Å². The summed E-state index contributed by atoms with van der Waals surface area (Å²) < 4.78 is 0. The quantitative estimate of drug-likeness (QED) is 0.807.